The minimum Gasteiger partial charge on any atom is -0.411 e. The van der Waals surface area contributed by atoms with Gasteiger partial charge < -0.3 is 10.5 Å². The standard InChI is InChI=1S/C8H7IN2O2/c9-6-3-1-2-4-7(6)11-8(12)5-10-13/h1-5,13H,(H,11,12). The topological polar surface area (TPSA) is 61.7 Å². The van der Waals surface area contributed by atoms with Crippen LogP contribution in [0.2, 0.25) is 0 Å². The van der Waals surface area contributed by atoms with Crippen LogP contribution in [-0.4, -0.2) is 17.3 Å². The van der Waals surface area contributed by atoms with E-state index in [1.54, 1.807) is 6.07 Å². The molecule has 0 unspecified atom stereocenters. The van der Waals surface area contributed by atoms with Crippen LogP contribution in [0.15, 0.2) is 29.4 Å². The third kappa shape index (κ3) is 3.02. The molecule has 0 fully saturated rings. The number of rotatable bonds is 2. The highest BCUT2D eigenvalue weighted by atomic mass is 127. The van der Waals surface area contributed by atoms with Crippen LogP contribution in [0.5, 0.6) is 0 Å². The van der Waals surface area contributed by atoms with Gasteiger partial charge in [0.25, 0.3) is 5.91 Å². The number of anilines is 1. The minimum absolute atomic E-state index is 0.452. The summed E-state index contributed by atoms with van der Waals surface area (Å²) in [4.78, 5) is 10.9. The summed E-state index contributed by atoms with van der Waals surface area (Å²) < 4.78 is 0.930. The van der Waals surface area contributed by atoms with Crippen molar-refractivity contribution in [1.29, 1.82) is 0 Å². The molecule has 0 bridgehead atoms. The predicted octanol–water partition coefficient (Wildman–Crippen LogP) is 1.69. The van der Waals surface area contributed by atoms with Gasteiger partial charge >= 0.3 is 0 Å². The third-order valence-electron chi connectivity index (χ3n) is 1.31. The van der Waals surface area contributed by atoms with E-state index in [2.05, 4.69) is 33.1 Å². The SMILES string of the molecule is O=C(C=NO)Nc1ccccc1I. The maximum absolute atomic E-state index is 10.9. The van der Waals surface area contributed by atoms with Crippen molar-refractivity contribution in [2.24, 2.45) is 5.16 Å². The van der Waals surface area contributed by atoms with Gasteiger partial charge in [0.1, 0.15) is 6.21 Å². The van der Waals surface area contributed by atoms with Gasteiger partial charge in [-0.05, 0) is 34.7 Å². The maximum atomic E-state index is 10.9. The molecule has 0 aliphatic rings. The number of amides is 1. The first-order chi connectivity index (χ1) is 6.24. The van der Waals surface area contributed by atoms with Crippen LogP contribution in [0, 0.1) is 3.57 Å². The summed E-state index contributed by atoms with van der Waals surface area (Å²) in [7, 11) is 0. The molecule has 0 heterocycles. The fourth-order valence-corrected chi connectivity index (χ4v) is 1.30. The molecule has 0 spiro atoms. The Hall–Kier alpha value is -1.11. The van der Waals surface area contributed by atoms with Gasteiger partial charge in [-0.2, -0.15) is 0 Å². The van der Waals surface area contributed by atoms with E-state index in [4.69, 9.17) is 5.21 Å². The van der Waals surface area contributed by atoms with Crippen molar-refractivity contribution >= 4 is 40.4 Å². The molecule has 0 saturated heterocycles. The summed E-state index contributed by atoms with van der Waals surface area (Å²) in [6.45, 7) is 0. The second-order valence-corrected chi connectivity index (χ2v) is 3.38. The third-order valence-corrected chi connectivity index (χ3v) is 2.25. The van der Waals surface area contributed by atoms with E-state index in [0.717, 1.165) is 9.78 Å². The highest BCUT2D eigenvalue weighted by Gasteiger charge is 2.01. The summed E-state index contributed by atoms with van der Waals surface area (Å²) in [5.41, 5.74) is 0.702. The molecule has 68 valence electrons. The highest BCUT2D eigenvalue weighted by molar-refractivity contribution is 14.1. The number of carbonyl (C=O) groups is 1. The van der Waals surface area contributed by atoms with Crippen LogP contribution in [0.25, 0.3) is 0 Å². The predicted molar refractivity (Wildman–Crippen MR) is 58.1 cm³/mol. The Morgan fingerprint density at radius 1 is 1.54 bits per heavy atom. The lowest BCUT2D eigenvalue weighted by molar-refractivity contribution is -0.110. The smallest absolute Gasteiger partial charge is 0.270 e. The van der Waals surface area contributed by atoms with Crippen molar-refractivity contribution < 1.29 is 10.0 Å². The summed E-state index contributed by atoms with van der Waals surface area (Å²) in [6, 6.07) is 7.32. The van der Waals surface area contributed by atoms with Gasteiger partial charge in [0, 0.05) is 3.57 Å². The highest BCUT2D eigenvalue weighted by Crippen LogP contribution is 2.16. The molecule has 0 saturated carbocycles. The Balaban J connectivity index is 2.74. The number of benzene rings is 1. The largest absolute Gasteiger partial charge is 0.411 e. The van der Waals surface area contributed by atoms with Crippen LogP contribution in [0.1, 0.15) is 0 Å². The Morgan fingerprint density at radius 3 is 2.85 bits per heavy atom. The normalized spacial score (nSPS) is 10.2. The molecule has 0 aromatic heterocycles. The van der Waals surface area contributed by atoms with Crippen LogP contribution in [-0.2, 0) is 4.79 Å². The number of hydrogen-bond donors (Lipinski definition) is 2. The molecule has 0 atom stereocenters. The van der Waals surface area contributed by atoms with Crippen molar-refractivity contribution in [3.63, 3.8) is 0 Å². The average molecular weight is 290 g/mol. The zero-order chi connectivity index (χ0) is 9.68. The molecule has 0 radical (unpaired) electrons. The molecule has 1 amide bonds. The number of carbonyl (C=O) groups excluding carboxylic acids is 1. The van der Waals surface area contributed by atoms with Crippen molar-refractivity contribution in [3.05, 3.63) is 27.8 Å². The molecule has 4 nitrogen and oxygen atoms in total. The zero-order valence-corrected chi connectivity index (χ0v) is 8.72. The van der Waals surface area contributed by atoms with E-state index in [0.29, 0.717) is 5.69 Å². The zero-order valence-electron chi connectivity index (χ0n) is 6.57. The number of nitrogens with one attached hydrogen (secondary N) is 1. The molecular weight excluding hydrogens is 283 g/mol. The molecule has 2 N–H and O–H groups in total. The Labute approximate surface area is 88.8 Å². The van der Waals surface area contributed by atoms with E-state index < -0.39 is 5.91 Å². The molecule has 0 aliphatic carbocycles. The maximum Gasteiger partial charge on any atom is 0.270 e. The second-order valence-electron chi connectivity index (χ2n) is 2.21. The molecule has 0 aliphatic heterocycles. The summed E-state index contributed by atoms with van der Waals surface area (Å²) in [5, 5.41) is 13.3. The summed E-state index contributed by atoms with van der Waals surface area (Å²) in [6.07, 6.45) is 0.809. The van der Waals surface area contributed by atoms with Crippen molar-refractivity contribution in [2.45, 2.75) is 0 Å². The molecule has 13 heavy (non-hydrogen) atoms. The first-order valence-corrected chi connectivity index (χ1v) is 4.55. The second kappa shape index (κ2) is 4.80. The number of halogens is 1. The molecule has 1 rings (SSSR count). The quantitative estimate of drug-likeness (QED) is 0.377. The Bertz CT molecular complexity index is 339. The van der Waals surface area contributed by atoms with Crippen LogP contribution >= 0.6 is 22.6 Å². The van der Waals surface area contributed by atoms with Gasteiger partial charge in [-0.15, -0.1) is 0 Å². The lowest BCUT2D eigenvalue weighted by Gasteiger charge is -2.02. The van der Waals surface area contributed by atoms with Crippen molar-refractivity contribution in [1.82, 2.24) is 0 Å². The summed E-state index contributed by atoms with van der Waals surface area (Å²) in [5.74, 6) is -0.452. The molecule has 1 aromatic carbocycles. The first-order valence-electron chi connectivity index (χ1n) is 3.47. The van der Waals surface area contributed by atoms with Gasteiger partial charge in [0.05, 0.1) is 5.69 Å². The van der Waals surface area contributed by atoms with Crippen LogP contribution < -0.4 is 5.32 Å². The minimum atomic E-state index is -0.452. The lowest BCUT2D eigenvalue weighted by atomic mass is 10.3. The first kappa shape index (κ1) is 9.97. The van der Waals surface area contributed by atoms with Gasteiger partial charge in [-0.3, -0.25) is 4.79 Å². The molecule has 5 heteroatoms. The average Bonchev–Trinajstić information content (AvgIpc) is 2.09. The fourth-order valence-electron chi connectivity index (χ4n) is 0.780. The van der Waals surface area contributed by atoms with E-state index in [9.17, 15) is 4.79 Å². The van der Waals surface area contributed by atoms with E-state index in [1.165, 1.54) is 0 Å². The van der Waals surface area contributed by atoms with Crippen molar-refractivity contribution in [3.8, 4) is 0 Å². The summed E-state index contributed by atoms with van der Waals surface area (Å²) >= 11 is 2.10. The fraction of sp³-hybridized carbons (Fsp3) is 0. The van der Waals surface area contributed by atoms with Gasteiger partial charge in [-0.25, -0.2) is 0 Å². The van der Waals surface area contributed by atoms with Crippen LogP contribution in [0.3, 0.4) is 0 Å². The molecular formula is C8H7IN2O2. The Morgan fingerprint density at radius 2 is 2.23 bits per heavy atom. The number of nitrogens with zero attached hydrogens (tertiary/aromatic N) is 1. The van der Waals surface area contributed by atoms with Gasteiger partial charge in [-0.1, -0.05) is 17.3 Å². The number of hydrogen-bond acceptors (Lipinski definition) is 3. The number of para-hydroxylation sites is 1. The van der Waals surface area contributed by atoms with Gasteiger partial charge in [0.2, 0.25) is 0 Å². The van der Waals surface area contributed by atoms with E-state index in [-0.39, 0.29) is 0 Å². The lowest BCUT2D eigenvalue weighted by Crippen LogP contribution is -2.13. The van der Waals surface area contributed by atoms with E-state index >= 15 is 0 Å². The van der Waals surface area contributed by atoms with Gasteiger partial charge in [0.15, 0.2) is 0 Å². The monoisotopic (exact) mass is 290 g/mol. The Kier molecular flexibility index (Phi) is 3.69. The van der Waals surface area contributed by atoms with Crippen LogP contribution in [0.4, 0.5) is 5.69 Å². The van der Waals surface area contributed by atoms with Crippen molar-refractivity contribution in [2.75, 3.05) is 5.32 Å². The van der Waals surface area contributed by atoms with E-state index in [1.807, 2.05) is 18.2 Å². The molecule has 1 aromatic rings. The number of oxime groups is 1.